The molecule has 1 fully saturated rings. The van der Waals surface area contributed by atoms with Crippen LogP contribution in [0.15, 0.2) is 70.5 Å². The van der Waals surface area contributed by atoms with Crippen LogP contribution in [0.1, 0.15) is 33.6 Å². The topological polar surface area (TPSA) is 38.3 Å². The van der Waals surface area contributed by atoms with Gasteiger partial charge >= 0.3 is 0 Å². The van der Waals surface area contributed by atoms with Crippen LogP contribution in [0, 0.1) is 0 Å². The van der Waals surface area contributed by atoms with Gasteiger partial charge in [-0.05, 0) is 51.5 Å². The standard InChI is InChI=1S/C17H22OS.C4H7NO/c1-17(2,3)19(18-4,15-11-7-5-8-12-15)16-13-9-6-10-14-16;6-4-2-1-3-5-4/h5-14H,1-4H3;1-3H2,(H,5,6). The quantitative estimate of drug-likeness (QED) is 0.821. The fourth-order valence-electron chi connectivity index (χ4n) is 3.08. The van der Waals surface area contributed by atoms with Crippen molar-refractivity contribution in [3.8, 4) is 0 Å². The average molecular weight is 360 g/mol. The number of carbonyl (C=O) groups excluding carboxylic acids is 1. The zero-order valence-electron chi connectivity index (χ0n) is 15.6. The molecule has 0 saturated carbocycles. The Morgan fingerprint density at radius 3 is 1.64 bits per heavy atom. The lowest BCUT2D eigenvalue weighted by molar-refractivity contribution is -0.119. The van der Waals surface area contributed by atoms with Crippen LogP contribution in [0.3, 0.4) is 0 Å². The molecule has 0 spiro atoms. The van der Waals surface area contributed by atoms with Crippen molar-refractivity contribution >= 4 is 16.2 Å². The number of benzene rings is 2. The lowest BCUT2D eigenvalue weighted by Crippen LogP contribution is -2.26. The fourth-order valence-corrected chi connectivity index (χ4v) is 6.73. The molecule has 3 rings (SSSR count). The van der Waals surface area contributed by atoms with Crippen molar-refractivity contribution in [3.63, 3.8) is 0 Å². The summed E-state index contributed by atoms with van der Waals surface area (Å²) in [6.45, 7) is 7.66. The molecule has 1 N–H and O–H groups in total. The highest BCUT2D eigenvalue weighted by Crippen LogP contribution is 2.70. The van der Waals surface area contributed by atoms with Crippen molar-refractivity contribution in [1.29, 1.82) is 0 Å². The van der Waals surface area contributed by atoms with Gasteiger partial charge in [-0.2, -0.15) is 0 Å². The summed E-state index contributed by atoms with van der Waals surface area (Å²) < 4.78 is 6.19. The molecular weight excluding hydrogens is 330 g/mol. The van der Waals surface area contributed by atoms with E-state index in [4.69, 9.17) is 4.18 Å². The predicted octanol–water partition coefficient (Wildman–Crippen LogP) is 5.17. The third kappa shape index (κ3) is 4.44. The van der Waals surface area contributed by atoms with Gasteiger partial charge in [0.05, 0.1) is 0 Å². The molecule has 1 saturated heterocycles. The van der Waals surface area contributed by atoms with Crippen LogP contribution in [-0.2, 0) is 8.98 Å². The van der Waals surface area contributed by atoms with E-state index in [1.807, 2.05) is 7.11 Å². The van der Waals surface area contributed by atoms with Crippen LogP contribution in [-0.4, -0.2) is 24.3 Å². The molecule has 1 aliphatic rings. The molecule has 25 heavy (non-hydrogen) atoms. The van der Waals surface area contributed by atoms with E-state index in [1.165, 1.54) is 9.79 Å². The number of hydrogen-bond acceptors (Lipinski definition) is 2. The minimum absolute atomic E-state index is 0.0322. The maximum atomic E-state index is 10.1. The summed E-state index contributed by atoms with van der Waals surface area (Å²) in [5.41, 5.74) is 0. The normalized spacial score (nSPS) is 15.1. The van der Waals surface area contributed by atoms with Crippen LogP contribution < -0.4 is 5.32 Å². The first-order chi connectivity index (χ1) is 11.9. The molecule has 0 aromatic heterocycles. The average Bonchev–Trinajstić information content (AvgIpc) is 3.08. The number of amides is 1. The third-order valence-electron chi connectivity index (χ3n) is 4.17. The Bertz CT molecular complexity index is 618. The van der Waals surface area contributed by atoms with Crippen molar-refractivity contribution in [2.75, 3.05) is 13.7 Å². The highest BCUT2D eigenvalue weighted by molar-refractivity contribution is 8.31. The number of rotatable bonds is 3. The van der Waals surface area contributed by atoms with E-state index in [9.17, 15) is 4.79 Å². The van der Waals surface area contributed by atoms with Gasteiger partial charge in [0.2, 0.25) is 5.91 Å². The second-order valence-electron chi connectivity index (χ2n) is 6.91. The number of hydrogen-bond donors (Lipinski definition) is 1. The smallest absolute Gasteiger partial charge is 0.220 e. The molecule has 2 aromatic rings. The number of carbonyl (C=O) groups is 1. The van der Waals surface area contributed by atoms with E-state index in [0.29, 0.717) is 0 Å². The number of nitrogens with one attached hydrogen (secondary N) is 1. The van der Waals surface area contributed by atoms with E-state index in [-0.39, 0.29) is 10.7 Å². The first-order valence-corrected chi connectivity index (χ1v) is 10.2. The largest absolute Gasteiger partial charge is 0.356 e. The molecule has 1 aliphatic heterocycles. The molecule has 2 aromatic carbocycles. The van der Waals surface area contributed by atoms with E-state index in [2.05, 4.69) is 86.8 Å². The molecule has 0 unspecified atom stereocenters. The van der Waals surface area contributed by atoms with E-state index in [1.54, 1.807) is 0 Å². The Morgan fingerprint density at radius 1 is 0.920 bits per heavy atom. The molecule has 3 nitrogen and oxygen atoms in total. The first kappa shape index (κ1) is 19.5. The van der Waals surface area contributed by atoms with E-state index >= 15 is 0 Å². The summed E-state index contributed by atoms with van der Waals surface area (Å²) in [4.78, 5) is 12.7. The third-order valence-corrected chi connectivity index (χ3v) is 8.26. The van der Waals surface area contributed by atoms with Gasteiger partial charge in [-0.3, -0.25) is 4.79 Å². The first-order valence-electron chi connectivity index (χ1n) is 8.67. The SMILES string of the molecule is COS(c1ccccc1)(c1ccccc1)C(C)(C)C.O=C1CCCN1. The lowest BCUT2D eigenvalue weighted by Gasteiger charge is -2.49. The Labute approximate surface area is 153 Å². The molecule has 4 heteroatoms. The van der Waals surface area contributed by atoms with Gasteiger partial charge in [-0.25, -0.2) is 0 Å². The highest BCUT2D eigenvalue weighted by Gasteiger charge is 2.40. The van der Waals surface area contributed by atoms with Gasteiger partial charge in [0, 0.05) is 34.6 Å². The lowest BCUT2D eigenvalue weighted by atomic mass is 10.3. The Hall–Kier alpha value is -1.78. The fraction of sp³-hybridized carbons (Fsp3) is 0.381. The molecule has 0 atom stereocenters. The summed E-state index contributed by atoms with van der Waals surface area (Å²) in [5.74, 6) is 0.204. The zero-order valence-corrected chi connectivity index (χ0v) is 16.4. The zero-order chi connectivity index (χ0) is 18.3. The molecule has 0 bridgehead atoms. The maximum absolute atomic E-state index is 10.1. The molecule has 136 valence electrons. The summed E-state index contributed by atoms with van der Waals surface area (Å²) in [6, 6.07) is 21.2. The van der Waals surface area contributed by atoms with Gasteiger partial charge in [0.25, 0.3) is 0 Å². The molecule has 1 heterocycles. The van der Waals surface area contributed by atoms with Crippen LogP contribution in [0.4, 0.5) is 0 Å². The van der Waals surface area contributed by atoms with Crippen LogP contribution in [0.25, 0.3) is 0 Å². The monoisotopic (exact) mass is 359 g/mol. The second-order valence-corrected chi connectivity index (χ2v) is 10.5. The summed E-state index contributed by atoms with van der Waals surface area (Å²) in [7, 11) is 0.326. The van der Waals surface area contributed by atoms with Crippen molar-refractivity contribution in [1.82, 2.24) is 5.32 Å². The second kappa shape index (κ2) is 8.54. The van der Waals surface area contributed by atoms with Crippen LogP contribution in [0.5, 0.6) is 0 Å². The Balaban J connectivity index is 0.000000316. The highest BCUT2D eigenvalue weighted by atomic mass is 32.3. The van der Waals surface area contributed by atoms with Gasteiger partial charge in [0.1, 0.15) is 0 Å². The van der Waals surface area contributed by atoms with Gasteiger partial charge in [-0.1, -0.05) is 46.7 Å². The molecule has 0 aliphatic carbocycles. The van der Waals surface area contributed by atoms with Crippen molar-refractivity contribution in [3.05, 3.63) is 60.7 Å². The minimum atomic E-state index is -1.51. The maximum Gasteiger partial charge on any atom is 0.220 e. The Morgan fingerprint density at radius 2 is 1.40 bits per heavy atom. The molecule has 0 radical (unpaired) electrons. The minimum Gasteiger partial charge on any atom is -0.356 e. The van der Waals surface area contributed by atoms with Crippen molar-refractivity contribution < 1.29 is 8.98 Å². The van der Waals surface area contributed by atoms with Crippen molar-refractivity contribution in [2.24, 2.45) is 0 Å². The Kier molecular flexibility index (Phi) is 6.68. The van der Waals surface area contributed by atoms with Crippen LogP contribution in [0.2, 0.25) is 0 Å². The summed E-state index contributed by atoms with van der Waals surface area (Å²) >= 11 is 0. The van der Waals surface area contributed by atoms with Crippen molar-refractivity contribution in [2.45, 2.75) is 48.2 Å². The van der Waals surface area contributed by atoms with E-state index in [0.717, 1.165) is 19.4 Å². The van der Waals surface area contributed by atoms with Gasteiger partial charge in [-0.15, -0.1) is 0 Å². The van der Waals surface area contributed by atoms with Crippen LogP contribution >= 0.6 is 10.3 Å². The summed E-state index contributed by atoms with van der Waals surface area (Å²) in [5, 5.41) is 2.68. The molecular formula is C21H29NO2S. The van der Waals surface area contributed by atoms with Gasteiger partial charge in [0.15, 0.2) is 0 Å². The predicted molar refractivity (Wildman–Crippen MR) is 106 cm³/mol. The molecule has 1 amide bonds. The van der Waals surface area contributed by atoms with Gasteiger partial charge < -0.3 is 9.50 Å². The van der Waals surface area contributed by atoms with E-state index < -0.39 is 10.3 Å². The summed E-state index contributed by atoms with van der Waals surface area (Å²) in [6.07, 6.45) is 1.76.